The number of hydrogen-bond acceptors (Lipinski definition) is 8. The van der Waals surface area contributed by atoms with Crippen LogP contribution in [0.4, 0.5) is 23.7 Å². The van der Waals surface area contributed by atoms with Crippen molar-refractivity contribution < 1.29 is 45.2 Å². The Balaban J connectivity index is 1.00. The first-order valence-corrected chi connectivity index (χ1v) is 17.2. The molecule has 2 bridgehead atoms. The summed E-state index contributed by atoms with van der Waals surface area (Å²) in [5.41, 5.74) is 1.51. The molecule has 47 heavy (non-hydrogen) atoms. The third kappa shape index (κ3) is 6.96. The smallest absolute Gasteiger partial charge is 0.405 e. The number of fused-ring (bicyclic) bond motifs is 2. The maximum Gasteiger partial charge on any atom is 0.573 e. The molecule has 2 aromatic carbocycles. The van der Waals surface area contributed by atoms with Crippen LogP contribution in [0.3, 0.4) is 0 Å². The van der Waals surface area contributed by atoms with Gasteiger partial charge < -0.3 is 24.2 Å². The maximum atomic E-state index is 13.4. The van der Waals surface area contributed by atoms with Crippen LogP contribution in [-0.4, -0.2) is 60.2 Å². The molecule has 0 radical (unpaired) electrons. The van der Waals surface area contributed by atoms with Crippen LogP contribution in [0.2, 0.25) is 0 Å². The van der Waals surface area contributed by atoms with Gasteiger partial charge in [0.2, 0.25) is 10.0 Å². The number of alkyl halides is 3. The van der Waals surface area contributed by atoms with Crippen molar-refractivity contribution in [2.24, 2.45) is 0 Å². The summed E-state index contributed by atoms with van der Waals surface area (Å²) in [5, 5.41) is 6.46. The lowest BCUT2D eigenvalue weighted by molar-refractivity contribution is -0.274. The van der Waals surface area contributed by atoms with Gasteiger partial charge in [0, 0.05) is 40.4 Å². The Kier molecular flexibility index (Phi) is 8.15. The van der Waals surface area contributed by atoms with E-state index in [1.807, 2.05) is 0 Å². The number of anilines is 1. The molecule has 2 atom stereocenters. The van der Waals surface area contributed by atoms with Crippen molar-refractivity contribution >= 4 is 27.6 Å². The normalized spacial score (nSPS) is 22.6. The fourth-order valence-electron chi connectivity index (χ4n) is 6.59. The predicted molar refractivity (Wildman–Crippen MR) is 162 cm³/mol. The number of rotatable bonds is 10. The molecule has 2 unspecified atom stereocenters. The van der Waals surface area contributed by atoms with Crippen LogP contribution in [-0.2, 0) is 21.4 Å². The lowest BCUT2D eigenvalue weighted by Crippen LogP contribution is -2.50. The van der Waals surface area contributed by atoms with Gasteiger partial charge in [-0.3, -0.25) is 4.79 Å². The Morgan fingerprint density at radius 3 is 2.38 bits per heavy atom. The molecule has 250 valence electrons. The molecule has 7 rings (SSSR count). The van der Waals surface area contributed by atoms with Gasteiger partial charge in [0.05, 0.1) is 18.0 Å². The number of urea groups is 1. The molecule has 4 fully saturated rings. The van der Waals surface area contributed by atoms with Gasteiger partial charge in [-0.05, 0) is 81.7 Å². The second kappa shape index (κ2) is 12.2. The van der Waals surface area contributed by atoms with Gasteiger partial charge in [0.1, 0.15) is 17.2 Å². The minimum atomic E-state index is -4.87. The van der Waals surface area contributed by atoms with Gasteiger partial charge in [-0.15, -0.1) is 13.2 Å². The van der Waals surface area contributed by atoms with Crippen molar-refractivity contribution in [1.82, 2.24) is 14.8 Å². The third-order valence-electron chi connectivity index (χ3n) is 9.10. The summed E-state index contributed by atoms with van der Waals surface area (Å²) in [6.45, 7) is 0.0899. The molecule has 0 spiro atoms. The van der Waals surface area contributed by atoms with E-state index in [-0.39, 0.29) is 59.3 Å². The zero-order valence-electron chi connectivity index (χ0n) is 25.2. The highest BCUT2D eigenvalue weighted by molar-refractivity contribution is 7.91. The van der Waals surface area contributed by atoms with E-state index in [0.717, 1.165) is 25.7 Å². The molecule has 4 aliphatic rings. The summed E-state index contributed by atoms with van der Waals surface area (Å²) >= 11 is 0. The third-order valence-corrected chi connectivity index (χ3v) is 10.9. The average Bonchev–Trinajstić information content (AvgIpc) is 3.95. The summed E-state index contributed by atoms with van der Waals surface area (Å²) < 4.78 is 82.1. The van der Waals surface area contributed by atoms with Crippen LogP contribution in [0, 0.1) is 0 Å². The summed E-state index contributed by atoms with van der Waals surface area (Å²) in [7, 11) is -3.71. The minimum absolute atomic E-state index is 0.0899. The molecule has 1 aromatic heterocycles. The number of hydrogen-bond donors (Lipinski definition) is 2. The molecule has 11 nitrogen and oxygen atoms in total. The first-order valence-electron chi connectivity index (χ1n) is 15.7. The van der Waals surface area contributed by atoms with Crippen molar-refractivity contribution in [2.75, 3.05) is 5.32 Å². The van der Waals surface area contributed by atoms with Gasteiger partial charge in [-0.1, -0.05) is 23.4 Å². The summed E-state index contributed by atoms with van der Waals surface area (Å²) in [6, 6.07) is 11.4. The van der Waals surface area contributed by atoms with Crippen LogP contribution in [0.5, 0.6) is 5.75 Å². The molecule has 2 N–H and O–H groups in total. The Morgan fingerprint density at radius 2 is 1.70 bits per heavy atom. The molecule has 3 amide bonds. The Morgan fingerprint density at radius 1 is 0.979 bits per heavy atom. The van der Waals surface area contributed by atoms with Gasteiger partial charge in [0.25, 0.3) is 5.91 Å². The highest BCUT2D eigenvalue weighted by Gasteiger charge is 2.44. The van der Waals surface area contributed by atoms with Gasteiger partial charge in [-0.2, -0.15) is 0 Å². The molecule has 2 aliphatic heterocycles. The van der Waals surface area contributed by atoms with Crippen LogP contribution in [0.1, 0.15) is 79.0 Å². The number of carbonyl (C=O) groups excluding carboxylic acids is 2. The number of benzene rings is 2. The SMILES string of the molecule is O=C(NS(=O)(=O)C1CC1)c1cccc(NC(=O)N2C3CCC2CC(OCc2c(-c4ccccc4OC(F)(F)F)noc2C2CC2)C3)c1. The Hall–Kier alpha value is -4.11. The van der Waals surface area contributed by atoms with Gasteiger partial charge in [-0.25, -0.2) is 17.9 Å². The topological polar surface area (TPSA) is 140 Å². The maximum absolute atomic E-state index is 13.4. The van der Waals surface area contributed by atoms with Crippen LogP contribution in [0.25, 0.3) is 11.3 Å². The number of halogens is 3. The zero-order valence-corrected chi connectivity index (χ0v) is 26.0. The van der Waals surface area contributed by atoms with E-state index in [1.165, 1.54) is 30.3 Å². The van der Waals surface area contributed by atoms with Crippen molar-refractivity contribution in [3.63, 3.8) is 0 Å². The van der Waals surface area contributed by atoms with Gasteiger partial charge >= 0.3 is 12.4 Å². The first-order chi connectivity index (χ1) is 22.4. The number of carbonyl (C=O) groups is 2. The average molecular weight is 675 g/mol. The minimum Gasteiger partial charge on any atom is -0.405 e. The van der Waals surface area contributed by atoms with E-state index < -0.39 is 27.5 Å². The number of aromatic nitrogens is 1. The van der Waals surface area contributed by atoms with Crippen molar-refractivity contribution in [2.45, 2.75) is 93.7 Å². The van der Waals surface area contributed by atoms with Crippen LogP contribution >= 0.6 is 0 Å². The van der Waals surface area contributed by atoms with E-state index >= 15 is 0 Å². The number of nitrogens with one attached hydrogen (secondary N) is 2. The van der Waals surface area contributed by atoms with Gasteiger partial charge in [0.15, 0.2) is 0 Å². The summed E-state index contributed by atoms with van der Waals surface area (Å²) in [4.78, 5) is 27.8. The van der Waals surface area contributed by atoms with E-state index in [9.17, 15) is 31.2 Å². The van der Waals surface area contributed by atoms with E-state index in [1.54, 1.807) is 23.1 Å². The number of amides is 3. The Labute approximate surface area is 268 Å². The lowest BCUT2D eigenvalue weighted by atomic mass is 9.99. The van der Waals surface area contributed by atoms with Crippen molar-refractivity contribution in [3.05, 3.63) is 65.4 Å². The molecule has 3 heterocycles. The largest absolute Gasteiger partial charge is 0.573 e. The fourth-order valence-corrected chi connectivity index (χ4v) is 7.89. The predicted octanol–water partition coefficient (Wildman–Crippen LogP) is 6.08. The molecule has 3 aromatic rings. The highest BCUT2D eigenvalue weighted by atomic mass is 32.2. The molecule has 15 heteroatoms. The summed E-state index contributed by atoms with van der Waals surface area (Å²) in [5.74, 6) is -0.367. The fraction of sp³-hybridized carbons (Fsp3) is 0.469. The number of ether oxygens (including phenoxy) is 2. The zero-order chi connectivity index (χ0) is 32.9. The number of piperidine rings is 1. The van der Waals surface area contributed by atoms with Crippen LogP contribution in [0.15, 0.2) is 53.1 Å². The second-order valence-electron chi connectivity index (χ2n) is 12.6. The number of sulfonamides is 1. The number of nitrogens with zero attached hydrogens (tertiary/aromatic N) is 2. The number of para-hydroxylation sites is 1. The molecule has 2 saturated carbocycles. The van der Waals surface area contributed by atoms with Crippen LogP contribution < -0.4 is 14.8 Å². The Bertz CT molecular complexity index is 1770. The van der Waals surface area contributed by atoms with Crippen molar-refractivity contribution in [3.8, 4) is 17.0 Å². The monoisotopic (exact) mass is 674 g/mol. The van der Waals surface area contributed by atoms with E-state index in [0.29, 0.717) is 42.7 Å². The molecule has 2 aliphatic carbocycles. The van der Waals surface area contributed by atoms with E-state index in [4.69, 9.17) is 9.26 Å². The van der Waals surface area contributed by atoms with Crippen molar-refractivity contribution in [1.29, 1.82) is 0 Å². The molecule has 2 saturated heterocycles. The van der Waals surface area contributed by atoms with E-state index in [2.05, 4.69) is 19.9 Å². The molecular formula is C32H33F3N4O7S. The second-order valence-corrected chi connectivity index (χ2v) is 14.5. The lowest BCUT2D eigenvalue weighted by Gasteiger charge is -2.38. The molecular weight excluding hydrogens is 641 g/mol. The highest BCUT2D eigenvalue weighted by Crippen LogP contribution is 2.46. The summed E-state index contributed by atoms with van der Waals surface area (Å²) in [6.07, 6.45) is 0.486. The first kappa shape index (κ1) is 31.5. The quantitative estimate of drug-likeness (QED) is 0.264. The standard InChI is InChI=1S/C32H33F3N4O7S/c33-32(34,35)45-27-7-2-1-6-25(27)28-26(29(46-37-28)18-8-9-18)17-44-23-15-21-10-11-22(16-23)39(21)31(41)36-20-5-3-4-19(14-20)30(40)38-47(42,43)24-12-13-24/h1-7,14,18,21-24H,8-13,15-17H2,(H,36,41)(H,38,40).